The van der Waals surface area contributed by atoms with Crippen molar-refractivity contribution in [2.75, 3.05) is 7.11 Å². The van der Waals surface area contributed by atoms with Crippen LogP contribution < -0.4 is 0 Å². The van der Waals surface area contributed by atoms with E-state index < -0.39 is 41.5 Å². The summed E-state index contributed by atoms with van der Waals surface area (Å²) in [6, 6.07) is 0. The molecule has 0 aliphatic heterocycles. The molecule has 0 saturated heterocycles. The molecule has 6 atom stereocenters. The number of methoxy groups -OCH3 is 1. The lowest BCUT2D eigenvalue weighted by Crippen LogP contribution is -2.61. The van der Waals surface area contributed by atoms with E-state index in [9.17, 15) is 24.9 Å². The van der Waals surface area contributed by atoms with Crippen molar-refractivity contribution < 1.29 is 29.6 Å². The molecule has 118 valence electrons. The second-order valence-electron chi connectivity index (χ2n) is 6.31. The molecule has 0 aromatic carbocycles. The molecule has 6 heteroatoms. The number of aliphatic hydroxyl groups is 3. The normalized spacial score (nSPS) is 43.1. The fourth-order valence-corrected chi connectivity index (χ4v) is 3.90. The Morgan fingerprint density at radius 3 is 2.57 bits per heavy atom. The van der Waals surface area contributed by atoms with Crippen LogP contribution in [0.15, 0.2) is 12.2 Å². The summed E-state index contributed by atoms with van der Waals surface area (Å²) in [5, 5.41) is 31.1. The van der Waals surface area contributed by atoms with E-state index in [0.29, 0.717) is 6.42 Å². The molecule has 2 fully saturated rings. The van der Waals surface area contributed by atoms with E-state index in [0.717, 1.165) is 0 Å². The van der Waals surface area contributed by atoms with Crippen molar-refractivity contribution in [3.8, 4) is 0 Å². The van der Waals surface area contributed by atoms with Crippen LogP contribution in [-0.2, 0) is 14.3 Å². The van der Waals surface area contributed by atoms with Gasteiger partial charge in [-0.05, 0) is 12.8 Å². The summed E-state index contributed by atoms with van der Waals surface area (Å²) in [4.78, 5) is 23.8. The topological polar surface area (TPSA) is 104 Å². The molecule has 0 amide bonds. The van der Waals surface area contributed by atoms with E-state index in [-0.39, 0.29) is 24.2 Å². The van der Waals surface area contributed by atoms with Crippen molar-refractivity contribution in [2.45, 2.75) is 44.5 Å². The highest BCUT2D eigenvalue weighted by molar-refractivity contribution is 5.89. The first-order valence-electron chi connectivity index (χ1n) is 7.08. The molecule has 0 spiro atoms. The number of hydrogen-bond acceptors (Lipinski definition) is 6. The number of carbonyl (C=O) groups excluding carboxylic acids is 2. The Morgan fingerprint density at radius 2 is 2.00 bits per heavy atom. The van der Waals surface area contributed by atoms with Crippen molar-refractivity contribution in [3.63, 3.8) is 0 Å². The van der Waals surface area contributed by atoms with Gasteiger partial charge in [0.05, 0.1) is 31.3 Å². The number of hydrogen-bond donors (Lipinski definition) is 3. The van der Waals surface area contributed by atoms with E-state index in [2.05, 4.69) is 11.3 Å². The third-order valence-electron chi connectivity index (χ3n) is 5.11. The molecule has 21 heavy (non-hydrogen) atoms. The molecule has 2 saturated carbocycles. The predicted octanol–water partition coefficient (Wildman–Crippen LogP) is -0.196. The Balaban J connectivity index is 2.36. The van der Waals surface area contributed by atoms with E-state index in [4.69, 9.17) is 0 Å². The zero-order valence-corrected chi connectivity index (χ0v) is 12.3. The minimum Gasteiger partial charge on any atom is -0.466 e. The molecule has 0 radical (unpaired) electrons. The van der Waals surface area contributed by atoms with Gasteiger partial charge in [-0.15, -0.1) is 0 Å². The molecule has 2 aliphatic carbocycles. The molecule has 6 unspecified atom stereocenters. The number of esters is 1. The van der Waals surface area contributed by atoms with E-state index >= 15 is 0 Å². The van der Waals surface area contributed by atoms with Crippen LogP contribution in [0.2, 0.25) is 0 Å². The highest BCUT2D eigenvalue weighted by atomic mass is 16.5. The summed E-state index contributed by atoms with van der Waals surface area (Å²) < 4.78 is 4.58. The molecule has 2 aliphatic rings. The Kier molecular flexibility index (Phi) is 4.24. The zero-order chi connectivity index (χ0) is 15.9. The van der Waals surface area contributed by atoms with Crippen LogP contribution >= 0.6 is 0 Å². The number of fused-ring (bicyclic) bond motifs is 1. The van der Waals surface area contributed by atoms with Gasteiger partial charge >= 0.3 is 5.97 Å². The van der Waals surface area contributed by atoms with Gasteiger partial charge in [0.1, 0.15) is 5.78 Å². The van der Waals surface area contributed by atoms with Gasteiger partial charge in [-0.2, -0.15) is 0 Å². The fourth-order valence-electron chi connectivity index (χ4n) is 3.90. The first-order chi connectivity index (χ1) is 9.74. The lowest BCUT2D eigenvalue weighted by Gasteiger charge is -2.53. The van der Waals surface area contributed by atoms with Crippen molar-refractivity contribution in [2.24, 2.45) is 17.3 Å². The Labute approximate surface area is 123 Å². The van der Waals surface area contributed by atoms with Crippen molar-refractivity contribution in [1.29, 1.82) is 0 Å². The molecule has 0 aromatic rings. The number of ether oxygens (including phenoxy) is 1. The minimum atomic E-state index is -1.26. The lowest BCUT2D eigenvalue weighted by molar-refractivity contribution is -0.178. The molecule has 0 aromatic heterocycles. The summed E-state index contributed by atoms with van der Waals surface area (Å²) >= 11 is 0. The van der Waals surface area contributed by atoms with Crippen molar-refractivity contribution >= 4 is 11.8 Å². The number of rotatable bonds is 2. The second-order valence-corrected chi connectivity index (χ2v) is 6.31. The standard InChI is InChI=1S/C15H22O6/c1-7(14(20)21-3)11-9(17)6-15(2)10(18)5-4-8(16)12(15)13(11)19/h9-13,17-19H,1,4-6H2,2-3H3. The quantitative estimate of drug-likeness (QED) is 0.482. The average Bonchev–Trinajstić information content (AvgIpc) is 2.41. The maximum atomic E-state index is 12.2. The number of ketones is 1. The highest BCUT2D eigenvalue weighted by Gasteiger charge is 2.58. The fraction of sp³-hybridized carbons (Fsp3) is 0.733. The highest BCUT2D eigenvalue weighted by Crippen LogP contribution is 2.51. The third kappa shape index (κ3) is 2.41. The third-order valence-corrected chi connectivity index (χ3v) is 5.11. The molecule has 3 N–H and O–H groups in total. The van der Waals surface area contributed by atoms with E-state index in [1.54, 1.807) is 6.92 Å². The number of aliphatic hydroxyl groups excluding tert-OH is 3. The Bertz CT molecular complexity index is 473. The monoisotopic (exact) mass is 298 g/mol. The lowest BCUT2D eigenvalue weighted by atomic mass is 9.54. The predicted molar refractivity (Wildman–Crippen MR) is 73.1 cm³/mol. The summed E-state index contributed by atoms with van der Waals surface area (Å²) in [5.74, 6) is -2.63. The molecular formula is C15H22O6. The summed E-state index contributed by atoms with van der Waals surface area (Å²) in [6.07, 6.45) is -2.44. The molecule has 0 heterocycles. The first-order valence-corrected chi connectivity index (χ1v) is 7.08. The Morgan fingerprint density at radius 1 is 1.38 bits per heavy atom. The van der Waals surface area contributed by atoms with E-state index in [1.807, 2.05) is 0 Å². The van der Waals surface area contributed by atoms with Gasteiger partial charge in [0, 0.05) is 23.3 Å². The number of Topliss-reactive ketones (excluding diaryl/α,β-unsaturated/α-hetero) is 1. The van der Waals surface area contributed by atoms with Crippen molar-refractivity contribution in [3.05, 3.63) is 12.2 Å². The molecular weight excluding hydrogens is 276 g/mol. The first kappa shape index (κ1) is 16.1. The maximum Gasteiger partial charge on any atom is 0.333 e. The smallest absolute Gasteiger partial charge is 0.333 e. The van der Waals surface area contributed by atoms with Crippen LogP contribution in [0.25, 0.3) is 0 Å². The van der Waals surface area contributed by atoms with Gasteiger partial charge in [0.2, 0.25) is 0 Å². The van der Waals surface area contributed by atoms with Crippen LogP contribution in [0.4, 0.5) is 0 Å². The van der Waals surface area contributed by atoms with Crippen LogP contribution in [0.5, 0.6) is 0 Å². The van der Waals surface area contributed by atoms with Gasteiger partial charge in [-0.1, -0.05) is 13.5 Å². The second kappa shape index (κ2) is 5.51. The number of carbonyl (C=O) groups is 2. The molecule has 2 rings (SSSR count). The van der Waals surface area contributed by atoms with Crippen LogP contribution in [0.1, 0.15) is 26.2 Å². The van der Waals surface area contributed by atoms with Crippen LogP contribution in [0, 0.1) is 17.3 Å². The minimum absolute atomic E-state index is 0.0487. The molecule has 0 bridgehead atoms. The SMILES string of the molecule is C=C(C(=O)OC)C1C(O)CC2(C)C(O)CCC(=O)C2C1O. The van der Waals surface area contributed by atoms with Gasteiger partial charge in [0.25, 0.3) is 0 Å². The van der Waals surface area contributed by atoms with Gasteiger partial charge < -0.3 is 20.1 Å². The van der Waals surface area contributed by atoms with Gasteiger partial charge in [-0.3, -0.25) is 4.79 Å². The van der Waals surface area contributed by atoms with E-state index in [1.165, 1.54) is 7.11 Å². The summed E-state index contributed by atoms with van der Waals surface area (Å²) in [7, 11) is 1.19. The van der Waals surface area contributed by atoms with Crippen LogP contribution in [0.3, 0.4) is 0 Å². The van der Waals surface area contributed by atoms with Crippen LogP contribution in [-0.4, -0.2) is 52.5 Å². The zero-order valence-electron chi connectivity index (χ0n) is 12.3. The van der Waals surface area contributed by atoms with Gasteiger partial charge in [-0.25, -0.2) is 4.79 Å². The van der Waals surface area contributed by atoms with Crippen molar-refractivity contribution in [1.82, 2.24) is 0 Å². The summed E-state index contributed by atoms with van der Waals surface area (Å²) in [5.41, 5.74) is -0.937. The Hall–Kier alpha value is -1.24. The summed E-state index contributed by atoms with van der Waals surface area (Å²) in [6.45, 7) is 5.28. The average molecular weight is 298 g/mol. The largest absolute Gasteiger partial charge is 0.466 e. The maximum absolute atomic E-state index is 12.2. The molecule has 6 nitrogen and oxygen atoms in total. The van der Waals surface area contributed by atoms with Gasteiger partial charge in [0.15, 0.2) is 0 Å².